The van der Waals surface area contributed by atoms with Crippen LogP contribution < -0.4 is 21.7 Å². The second-order valence-electron chi connectivity index (χ2n) is 7.28. The Kier molecular flexibility index (Phi) is 6.32. The Morgan fingerprint density at radius 3 is 2.77 bits per heavy atom. The summed E-state index contributed by atoms with van der Waals surface area (Å²) in [6.07, 6.45) is 5.09. The number of primary amides is 1. The van der Waals surface area contributed by atoms with Crippen LogP contribution >= 0.6 is 11.6 Å². The van der Waals surface area contributed by atoms with Crippen molar-refractivity contribution >= 4 is 17.5 Å². The number of alkyl halides is 1. The van der Waals surface area contributed by atoms with E-state index < -0.39 is 5.91 Å². The summed E-state index contributed by atoms with van der Waals surface area (Å²) in [5.74, 6) is 0.445. The molecule has 0 saturated carbocycles. The molecule has 1 saturated heterocycles. The van der Waals surface area contributed by atoms with Crippen LogP contribution in [0.5, 0.6) is 0 Å². The molecule has 4 atom stereocenters. The number of carbonyl (C=O) groups is 1. The first-order valence-electron chi connectivity index (χ1n) is 9.49. The van der Waals surface area contributed by atoms with Gasteiger partial charge in [0.1, 0.15) is 17.0 Å². The van der Waals surface area contributed by atoms with Gasteiger partial charge in [0.25, 0.3) is 5.91 Å². The van der Waals surface area contributed by atoms with Crippen LogP contribution in [0.4, 0.5) is 0 Å². The van der Waals surface area contributed by atoms with E-state index in [1.807, 2.05) is 6.92 Å². The lowest BCUT2D eigenvalue weighted by molar-refractivity contribution is -0.115. The van der Waals surface area contributed by atoms with Crippen molar-refractivity contribution in [3.05, 3.63) is 23.3 Å². The maximum atomic E-state index is 11.9. The molecule has 0 radical (unpaired) electrons. The lowest BCUT2D eigenvalue weighted by Gasteiger charge is -2.39. The summed E-state index contributed by atoms with van der Waals surface area (Å²) in [6, 6.07) is 0.514. The number of ether oxygens (including phenoxy) is 1. The molecule has 146 valence electrons. The van der Waals surface area contributed by atoms with Gasteiger partial charge >= 0.3 is 0 Å². The maximum absolute atomic E-state index is 11.9. The Balaban J connectivity index is 1.70. The van der Waals surface area contributed by atoms with Crippen molar-refractivity contribution in [2.75, 3.05) is 26.3 Å². The van der Waals surface area contributed by atoms with Gasteiger partial charge in [0, 0.05) is 24.8 Å². The molecule has 3 rings (SSSR count). The molecule has 1 aliphatic carbocycles. The fourth-order valence-electron chi connectivity index (χ4n) is 3.90. The molecule has 3 aliphatic rings. The molecular formula is C18H30ClN5O2. The van der Waals surface area contributed by atoms with E-state index in [4.69, 9.17) is 22.1 Å². The molecule has 7 nitrogen and oxygen atoms in total. The number of allylic oxidation sites excluding steroid dienone is 1. The highest BCUT2D eigenvalue weighted by molar-refractivity contribution is 6.21. The summed E-state index contributed by atoms with van der Waals surface area (Å²) in [5.41, 5.74) is 6.74. The summed E-state index contributed by atoms with van der Waals surface area (Å²) >= 11 is 6.39. The third kappa shape index (κ3) is 4.27. The standard InChI is InChI=1S/C18H30ClN5O2/c1-3-13-16(19)23-18(15(21-13)17(20)25)22-14-5-4-12(10-11(14)2)24-6-8-26-9-7-24/h5,11-13,16,21-23H,3-4,6-10H2,1-2H3,(H2,20,25). The van der Waals surface area contributed by atoms with E-state index in [-0.39, 0.29) is 11.5 Å². The van der Waals surface area contributed by atoms with Gasteiger partial charge in [-0.3, -0.25) is 9.69 Å². The average Bonchev–Trinajstić information content (AvgIpc) is 2.64. The first-order chi connectivity index (χ1) is 12.5. The van der Waals surface area contributed by atoms with Gasteiger partial charge in [0.05, 0.1) is 19.3 Å². The SMILES string of the molecule is CCC1NC(C(N)=O)=C(NC2=CCC(N3CCOCC3)CC2C)NC1Cl. The highest BCUT2D eigenvalue weighted by Gasteiger charge is 2.31. The van der Waals surface area contributed by atoms with Crippen molar-refractivity contribution < 1.29 is 9.53 Å². The zero-order valence-corrected chi connectivity index (χ0v) is 16.3. The molecular weight excluding hydrogens is 354 g/mol. The van der Waals surface area contributed by atoms with Crippen LogP contribution in [0.15, 0.2) is 23.3 Å². The van der Waals surface area contributed by atoms with E-state index in [1.54, 1.807) is 0 Å². The van der Waals surface area contributed by atoms with Crippen molar-refractivity contribution in [3.63, 3.8) is 0 Å². The Morgan fingerprint density at radius 1 is 1.42 bits per heavy atom. The van der Waals surface area contributed by atoms with E-state index in [1.165, 1.54) is 0 Å². The minimum Gasteiger partial charge on any atom is -0.379 e. The van der Waals surface area contributed by atoms with Gasteiger partial charge in [0.15, 0.2) is 0 Å². The van der Waals surface area contributed by atoms with E-state index in [0.717, 1.165) is 51.3 Å². The Hall–Kier alpha value is -1.44. The lowest BCUT2D eigenvalue weighted by Crippen LogP contribution is -2.55. The number of nitrogens with two attached hydrogens (primary N) is 1. The molecule has 2 heterocycles. The molecule has 8 heteroatoms. The summed E-state index contributed by atoms with van der Waals surface area (Å²) in [6.45, 7) is 7.87. The van der Waals surface area contributed by atoms with E-state index >= 15 is 0 Å². The highest BCUT2D eigenvalue weighted by atomic mass is 35.5. The average molecular weight is 384 g/mol. The van der Waals surface area contributed by atoms with E-state index in [9.17, 15) is 4.79 Å². The number of carbonyl (C=O) groups excluding carboxylic acids is 1. The molecule has 0 aromatic carbocycles. The zero-order chi connectivity index (χ0) is 18.7. The highest BCUT2D eigenvalue weighted by Crippen LogP contribution is 2.28. The first-order valence-corrected chi connectivity index (χ1v) is 9.93. The Morgan fingerprint density at radius 2 is 2.15 bits per heavy atom. The zero-order valence-electron chi connectivity index (χ0n) is 15.6. The van der Waals surface area contributed by atoms with Crippen LogP contribution in [-0.4, -0.2) is 54.7 Å². The van der Waals surface area contributed by atoms with Gasteiger partial charge in [-0.2, -0.15) is 0 Å². The topological polar surface area (TPSA) is 91.6 Å². The quantitative estimate of drug-likeness (QED) is 0.414. The van der Waals surface area contributed by atoms with Gasteiger partial charge in [-0.25, -0.2) is 0 Å². The maximum Gasteiger partial charge on any atom is 0.268 e. The van der Waals surface area contributed by atoms with Gasteiger partial charge in [-0.1, -0.05) is 31.5 Å². The summed E-state index contributed by atoms with van der Waals surface area (Å²) in [7, 11) is 0. The van der Waals surface area contributed by atoms with E-state index in [2.05, 4.69) is 33.9 Å². The molecule has 0 aromatic heterocycles. The second-order valence-corrected chi connectivity index (χ2v) is 7.75. The fraction of sp³-hybridized carbons (Fsp3) is 0.722. The van der Waals surface area contributed by atoms with Gasteiger partial charge in [0.2, 0.25) is 0 Å². The predicted octanol–water partition coefficient (Wildman–Crippen LogP) is 0.781. The van der Waals surface area contributed by atoms with Crippen molar-refractivity contribution in [3.8, 4) is 0 Å². The fourth-order valence-corrected chi connectivity index (χ4v) is 4.25. The van der Waals surface area contributed by atoms with Crippen LogP contribution in [0.25, 0.3) is 0 Å². The predicted molar refractivity (Wildman–Crippen MR) is 102 cm³/mol. The van der Waals surface area contributed by atoms with Crippen LogP contribution in [0.1, 0.15) is 33.1 Å². The molecule has 1 fully saturated rings. The number of nitrogens with zero attached hydrogens (tertiary/aromatic N) is 1. The van der Waals surface area contributed by atoms with E-state index in [0.29, 0.717) is 23.5 Å². The molecule has 0 bridgehead atoms. The van der Waals surface area contributed by atoms with Gasteiger partial charge < -0.3 is 26.4 Å². The largest absolute Gasteiger partial charge is 0.379 e. The minimum absolute atomic E-state index is 0.0341. The summed E-state index contributed by atoms with van der Waals surface area (Å²) < 4.78 is 5.45. The third-order valence-electron chi connectivity index (χ3n) is 5.50. The first kappa shape index (κ1) is 19.3. The molecule has 5 N–H and O–H groups in total. The van der Waals surface area contributed by atoms with Crippen LogP contribution in [0.2, 0.25) is 0 Å². The van der Waals surface area contributed by atoms with Crippen molar-refractivity contribution in [1.82, 2.24) is 20.9 Å². The minimum atomic E-state index is -0.489. The van der Waals surface area contributed by atoms with Gasteiger partial charge in [-0.15, -0.1) is 0 Å². The molecule has 26 heavy (non-hydrogen) atoms. The van der Waals surface area contributed by atoms with Crippen molar-refractivity contribution in [2.24, 2.45) is 11.7 Å². The number of morpholine rings is 1. The number of rotatable bonds is 5. The van der Waals surface area contributed by atoms with Crippen molar-refractivity contribution in [2.45, 2.75) is 50.7 Å². The molecule has 1 amide bonds. The van der Waals surface area contributed by atoms with Crippen molar-refractivity contribution in [1.29, 1.82) is 0 Å². The number of hydrogen-bond donors (Lipinski definition) is 4. The number of amides is 1. The Bertz CT molecular complexity index is 588. The number of hydrogen-bond acceptors (Lipinski definition) is 6. The Labute approximate surface area is 160 Å². The number of nitrogens with one attached hydrogen (secondary N) is 3. The lowest BCUT2D eigenvalue weighted by atomic mass is 9.89. The normalized spacial score (nSPS) is 33.1. The third-order valence-corrected chi connectivity index (χ3v) is 5.91. The van der Waals surface area contributed by atoms with Gasteiger partial charge in [-0.05, 0) is 25.2 Å². The van der Waals surface area contributed by atoms with Crippen LogP contribution in [-0.2, 0) is 9.53 Å². The number of halogens is 1. The second kappa shape index (κ2) is 8.50. The molecule has 0 aromatic rings. The molecule has 0 spiro atoms. The monoisotopic (exact) mass is 383 g/mol. The van der Waals surface area contributed by atoms with Crippen LogP contribution in [0.3, 0.4) is 0 Å². The molecule has 2 aliphatic heterocycles. The van der Waals surface area contributed by atoms with Crippen LogP contribution in [0, 0.1) is 5.92 Å². The molecule has 4 unspecified atom stereocenters. The smallest absolute Gasteiger partial charge is 0.268 e. The summed E-state index contributed by atoms with van der Waals surface area (Å²) in [4.78, 5) is 14.4. The summed E-state index contributed by atoms with van der Waals surface area (Å²) in [5, 5.41) is 9.74.